The summed E-state index contributed by atoms with van der Waals surface area (Å²) in [7, 11) is 0. The van der Waals surface area contributed by atoms with Gasteiger partial charge < -0.3 is 20.1 Å². The van der Waals surface area contributed by atoms with Crippen LogP contribution in [0.1, 0.15) is 25.7 Å². The summed E-state index contributed by atoms with van der Waals surface area (Å²) in [5, 5.41) is 0. The number of ether oxygens (including phenoxy) is 2. The summed E-state index contributed by atoms with van der Waals surface area (Å²) in [6.45, 7) is 3.24. The molecule has 2 aliphatic rings. The van der Waals surface area contributed by atoms with Gasteiger partial charge in [-0.15, -0.1) is 24.8 Å². The number of rotatable bonds is 3. The lowest BCUT2D eigenvalue weighted by atomic mass is 9.94. The van der Waals surface area contributed by atoms with E-state index in [1.54, 1.807) is 6.20 Å². The van der Waals surface area contributed by atoms with Crippen molar-refractivity contribution in [3.63, 3.8) is 0 Å². The number of hydrogen-bond donors (Lipinski definition) is 1. The Morgan fingerprint density at radius 3 is 2.50 bits per heavy atom. The molecular weight excluding hydrogens is 327 g/mol. The second-order valence-corrected chi connectivity index (χ2v) is 5.45. The fourth-order valence-electron chi connectivity index (χ4n) is 2.71. The van der Waals surface area contributed by atoms with Gasteiger partial charge in [-0.25, -0.2) is 4.98 Å². The third-order valence-electron chi connectivity index (χ3n) is 3.94. The van der Waals surface area contributed by atoms with Crippen LogP contribution in [0.5, 0.6) is 6.01 Å². The van der Waals surface area contributed by atoms with Crippen LogP contribution in [0.3, 0.4) is 0 Å². The lowest BCUT2D eigenvalue weighted by molar-refractivity contribution is 0.121. The Bertz CT molecular complexity index is 439. The van der Waals surface area contributed by atoms with Gasteiger partial charge in [0.25, 0.3) is 0 Å². The normalized spacial score (nSPS) is 24.9. The molecule has 8 heteroatoms. The van der Waals surface area contributed by atoms with Crippen molar-refractivity contribution in [1.82, 2.24) is 9.97 Å². The van der Waals surface area contributed by atoms with E-state index in [2.05, 4.69) is 14.9 Å². The minimum Gasteiger partial charge on any atom is -0.460 e. The van der Waals surface area contributed by atoms with E-state index in [1.807, 2.05) is 6.07 Å². The molecule has 1 aliphatic heterocycles. The van der Waals surface area contributed by atoms with Crippen LogP contribution in [-0.4, -0.2) is 48.4 Å². The first-order valence-corrected chi connectivity index (χ1v) is 7.39. The molecule has 6 nitrogen and oxygen atoms in total. The summed E-state index contributed by atoms with van der Waals surface area (Å²) in [5.41, 5.74) is 5.91. The minimum atomic E-state index is 0. The minimum absolute atomic E-state index is 0. The molecule has 2 fully saturated rings. The maximum absolute atomic E-state index is 5.91. The third kappa shape index (κ3) is 5.12. The predicted molar refractivity (Wildman–Crippen MR) is 90.4 cm³/mol. The Hall–Kier alpha value is -0.820. The summed E-state index contributed by atoms with van der Waals surface area (Å²) in [6, 6.07) is 2.74. The van der Waals surface area contributed by atoms with Gasteiger partial charge in [-0.1, -0.05) is 0 Å². The van der Waals surface area contributed by atoms with Gasteiger partial charge in [0.2, 0.25) is 0 Å². The molecule has 1 aromatic heterocycles. The molecule has 1 aromatic rings. The van der Waals surface area contributed by atoms with Gasteiger partial charge in [0, 0.05) is 25.3 Å². The first kappa shape index (κ1) is 19.2. The van der Waals surface area contributed by atoms with E-state index in [0.29, 0.717) is 12.1 Å². The molecule has 0 spiro atoms. The monoisotopic (exact) mass is 350 g/mol. The molecule has 22 heavy (non-hydrogen) atoms. The van der Waals surface area contributed by atoms with E-state index in [-0.39, 0.29) is 30.9 Å². The number of morpholine rings is 1. The number of halogens is 2. The number of nitrogens with two attached hydrogens (primary N) is 1. The molecule has 126 valence electrons. The lowest BCUT2D eigenvalue weighted by Gasteiger charge is -2.28. The quantitative estimate of drug-likeness (QED) is 0.895. The topological polar surface area (TPSA) is 73.5 Å². The van der Waals surface area contributed by atoms with Gasteiger partial charge in [0.05, 0.1) is 13.2 Å². The molecule has 0 bridgehead atoms. The van der Waals surface area contributed by atoms with E-state index < -0.39 is 0 Å². The first-order valence-electron chi connectivity index (χ1n) is 7.39. The van der Waals surface area contributed by atoms with Crippen molar-refractivity contribution in [3.05, 3.63) is 12.3 Å². The predicted octanol–water partition coefficient (Wildman–Crippen LogP) is 1.81. The second kappa shape index (κ2) is 9.35. The fraction of sp³-hybridized carbons (Fsp3) is 0.714. The van der Waals surface area contributed by atoms with Gasteiger partial charge in [0.1, 0.15) is 11.9 Å². The van der Waals surface area contributed by atoms with Gasteiger partial charge in [-0.2, -0.15) is 4.98 Å². The Labute approximate surface area is 143 Å². The van der Waals surface area contributed by atoms with Crippen LogP contribution in [0.2, 0.25) is 0 Å². The smallest absolute Gasteiger partial charge is 0.318 e. The molecule has 2 heterocycles. The summed E-state index contributed by atoms with van der Waals surface area (Å²) >= 11 is 0. The molecule has 0 amide bonds. The van der Waals surface area contributed by atoms with Crippen molar-refractivity contribution in [1.29, 1.82) is 0 Å². The van der Waals surface area contributed by atoms with Crippen LogP contribution in [-0.2, 0) is 4.74 Å². The van der Waals surface area contributed by atoms with Crippen molar-refractivity contribution in [3.8, 4) is 6.01 Å². The SMILES string of the molecule is Cl.Cl.NC1CCC(Oc2nccc(N3CCOCC3)n2)CC1. The highest BCUT2D eigenvalue weighted by atomic mass is 35.5. The average molecular weight is 351 g/mol. The maximum atomic E-state index is 5.91. The van der Waals surface area contributed by atoms with Crippen LogP contribution in [0.25, 0.3) is 0 Å². The standard InChI is InChI=1S/C14H22N4O2.2ClH/c15-11-1-3-12(4-2-11)20-14-16-6-5-13(17-14)18-7-9-19-10-8-18;;/h5-6,11-12H,1-4,7-10,15H2;2*1H. The molecular formula is C14H24Cl2N4O2. The largest absolute Gasteiger partial charge is 0.460 e. The summed E-state index contributed by atoms with van der Waals surface area (Å²) in [5.74, 6) is 0.922. The zero-order chi connectivity index (χ0) is 13.8. The molecule has 0 unspecified atom stereocenters. The summed E-state index contributed by atoms with van der Waals surface area (Å²) < 4.78 is 11.3. The molecule has 0 aromatic carbocycles. The number of aromatic nitrogens is 2. The fourth-order valence-corrected chi connectivity index (χ4v) is 2.71. The molecule has 0 atom stereocenters. The van der Waals surface area contributed by atoms with Gasteiger partial charge in [-0.05, 0) is 31.7 Å². The highest BCUT2D eigenvalue weighted by Gasteiger charge is 2.21. The summed E-state index contributed by atoms with van der Waals surface area (Å²) in [4.78, 5) is 10.9. The van der Waals surface area contributed by atoms with Gasteiger partial charge in [-0.3, -0.25) is 0 Å². The molecule has 2 N–H and O–H groups in total. The van der Waals surface area contributed by atoms with E-state index in [0.717, 1.165) is 57.8 Å². The van der Waals surface area contributed by atoms with E-state index >= 15 is 0 Å². The Balaban J connectivity index is 0.00000121. The van der Waals surface area contributed by atoms with Gasteiger partial charge >= 0.3 is 6.01 Å². The van der Waals surface area contributed by atoms with E-state index in [4.69, 9.17) is 15.2 Å². The molecule has 1 aliphatic carbocycles. The second-order valence-electron chi connectivity index (χ2n) is 5.45. The van der Waals surface area contributed by atoms with Gasteiger partial charge in [0.15, 0.2) is 0 Å². The average Bonchev–Trinajstić information content (AvgIpc) is 2.51. The van der Waals surface area contributed by atoms with Crippen LogP contribution in [0.15, 0.2) is 12.3 Å². The zero-order valence-corrected chi connectivity index (χ0v) is 14.2. The number of nitrogens with zero attached hydrogens (tertiary/aromatic N) is 3. The Kier molecular flexibility index (Phi) is 8.17. The Morgan fingerprint density at radius 2 is 1.82 bits per heavy atom. The van der Waals surface area contributed by atoms with Crippen LogP contribution in [0.4, 0.5) is 5.82 Å². The molecule has 3 rings (SSSR count). The molecule has 0 radical (unpaired) electrons. The highest BCUT2D eigenvalue weighted by molar-refractivity contribution is 5.85. The number of anilines is 1. The van der Waals surface area contributed by atoms with Crippen LogP contribution in [0, 0.1) is 0 Å². The number of hydrogen-bond acceptors (Lipinski definition) is 6. The van der Waals surface area contributed by atoms with Crippen molar-refractivity contribution in [2.45, 2.75) is 37.8 Å². The lowest BCUT2D eigenvalue weighted by Crippen LogP contribution is -2.37. The summed E-state index contributed by atoms with van der Waals surface area (Å²) in [6.07, 6.45) is 6.00. The Morgan fingerprint density at radius 1 is 1.14 bits per heavy atom. The van der Waals surface area contributed by atoms with Crippen molar-refractivity contribution >= 4 is 30.6 Å². The third-order valence-corrected chi connectivity index (χ3v) is 3.94. The first-order chi connectivity index (χ1) is 9.81. The van der Waals surface area contributed by atoms with Crippen LogP contribution < -0.4 is 15.4 Å². The zero-order valence-electron chi connectivity index (χ0n) is 12.5. The van der Waals surface area contributed by atoms with Crippen molar-refractivity contribution in [2.24, 2.45) is 5.73 Å². The van der Waals surface area contributed by atoms with E-state index in [1.165, 1.54) is 0 Å². The van der Waals surface area contributed by atoms with Crippen molar-refractivity contribution < 1.29 is 9.47 Å². The maximum Gasteiger partial charge on any atom is 0.318 e. The highest BCUT2D eigenvalue weighted by Crippen LogP contribution is 2.22. The van der Waals surface area contributed by atoms with Crippen LogP contribution >= 0.6 is 24.8 Å². The molecule has 1 saturated carbocycles. The molecule has 1 saturated heterocycles. The van der Waals surface area contributed by atoms with E-state index in [9.17, 15) is 0 Å². The van der Waals surface area contributed by atoms with Crippen molar-refractivity contribution in [2.75, 3.05) is 31.2 Å².